The Morgan fingerprint density at radius 3 is 2.69 bits per heavy atom. The van der Waals surface area contributed by atoms with Crippen LogP contribution in [0.2, 0.25) is 10.0 Å². The van der Waals surface area contributed by atoms with Crippen LogP contribution in [0.25, 0.3) is 6.08 Å². The first-order chi connectivity index (χ1) is 12.4. The van der Waals surface area contributed by atoms with Gasteiger partial charge in [-0.1, -0.05) is 29.3 Å². The summed E-state index contributed by atoms with van der Waals surface area (Å²) in [5.41, 5.74) is 1.82. The lowest BCUT2D eigenvalue weighted by Gasteiger charge is -2.10. The Labute approximate surface area is 170 Å². The van der Waals surface area contributed by atoms with Crippen molar-refractivity contribution < 1.29 is 9.53 Å². The van der Waals surface area contributed by atoms with Crippen molar-refractivity contribution in [2.75, 3.05) is 11.9 Å². The first-order valence-electron chi connectivity index (χ1n) is 7.67. The maximum Gasteiger partial charge on any atom is 0.266 e. The van der Waals surface area contributed by atoms with Crippen LogP contribution < -0.4 is 10.1 Å². The van der Waals surface area contributed by atoms with Crippen LogP contribution in [0.5, 0.6) is 5.75 Å². The second-order valence-electron chi connectivity index (χ2n) is 5.28. The van der Waals surface area contributed by atoms with Gasteiger partial charge in [0.25, 0.3) is 5.91 Å². The zero-order valence-electron chi connectivity index (χ0n) is 14.1. The van der Waals surface area contributed by atoms with Crippen LogP contribution in [0.4, 0.5) is 5.69 Å². The fourth-order valence-corrected chi connectivity index (χ4v) is 3.36. The van der Waals surface area contributed by atoms with Crippen LogP contribution in [0.15, 0.2) is 40.4 Å². The van der Waals surface area contributed by atoms with Gasteiger partial charge in [-0.2, -0.15) is 5.26 Å². The van der Waals surface area contributed by atoms with E-state index in [4.69, 9.17) is 27.9 Å². The number of amides is 1. The van der Waals surface area contributed by atoms with Crippen LogP contribution in [-0.2, 0) is 4.79 Å². The molecule has 26 heavy (non-hydrogen) atoms. The monoisotopic (exact) mass is 452 g/mol. The maximum absolute atomic E-state index is 12.4. The molecule has 2 aromatic carbocycles. The molecule has 0 aliphatic rings. The number of nitrogens with one attached hydrogen (secondary N) is 1. The van der Waals surface area contributed by atoms with E-state index in [0.717, 1.165) is 5.56 Å². The highest BCUT2D eigenvalue weighted by Gasteiger charge is 2.14. The highest BCUT2D eigenvalue weighted by molar-refractivity contribution is 9.10. The van der Waals surface area contributed by atoms with Crippen molar-refractivity contribution in [2.24, 2.45) is 0 Å². The number of rotatable bonds is 5. The van der Waals surface area contributed by atoms with E-state index in [1.807, 2.05) is 13.0 Å². The lowest BCUT2D eigenvalue weighted by atomic mass is 10.1. The molecule has 0 aliphatic heterocycles. The quantitative estimate of drug-likeness (QED) is 0.445. The number of carbonyl (C=O) groups is 1. The Morgan fingerprint density at radius 2 is 2.08 bits per heavy atom. The maximum atomic E-state index is 12.4. The third kappa shape index (κ3) is 4.79. The highest BCUT2D eigenvalue weighted by atomic mass is 79.9. The summed E-state index contributed by atoms with van der Waals surface area (Å²) >= 11 is 15.6. The van der Waals surface area contributed by atoms with E-state index in [-0.39, 0.29) is 5.57 Å². The van der Waals surface area contributed by atoms with Gasteiger partial charge in [-0.25, -0.2) is 0 Å². The summed E-state index contributed by atoms with van der Waals surface area (Å²) in [6.07, 6.45) is 1.46. The molecule has 4 nitrogen and oxygen atoms in total. The highest BCUT2D eigenvalue weighted by Crippen LogP contribution is 2.35. The number of benzene rings is 2. The summed E-state index contributed by atoms with van der Waals surface area (Å²) in [5, 5.41) is 13.0. The van der Waals surface area contributed by atoms with E-state index in [2.05, 4.69) is 21.2 Å². The van der Waals surface area contributed by atoms with E-state index in [0.29, 0.717) is 38.1 Å². The van der Waals surface area contributed by atoms with E-state index in [1.54, 1.807) is 37.3 Å². The second-order valence-corrected chi connectivity index (χ2v) is 6.95. The zero-order valence-corrected chi connectivity index (χ0v) is 17.2. The van der Waals surface area contributed by atoms with E-state index < -0.39 is 5.91 Å². The number of ether oxygens (including phenoxy) is 1. The van der Waals surface area contributed by atoms with Crippen LogP contribution in [0.3, 0.4) is 0 Å². The Morgan fingerprint density at radius 1 is 1.35 bits per heavy atom. The predicted octanol–water partition coefficient (Wildman–Crippen LogP) is 6.01. The van der Waals surface area contributed by atoms with Crippen molar-refractivity contribution in [3.05, 3.63) is 61.5 Å². The van der Waals surface area contributed by atoms with Gasteiger partial charge in [0.2, 0.25) is 0 Å². The molecule has 0 bridgehead atoms. The van der Waals surface area contributed by atoms with Crippen molar-refractivity contribution in [1.29, 1.82) is 5.26 Å². The number of hydrogen-bond donors (Lipinski definition) is 1. The third-order valence-electron chi connectivity index (χ3n) is 3.50. The van der Waals surface area contributed by atoms with Gasteiger partial charge >= 0.3 is 0 Å². The Hall–Kier alpha value is -2.00. The van der Waals surface area contributed by atoms with Crippen molar-refractivity contribution >= 4 is 56.8 Å². The van der Waals surface area contributed by atoms with E-state index in [1.165, 1.54) is 6.08 Å². The van der Waals surface area contributed by atoms with Crippen LogP contribution in [0.1, 0.15) is 18.1 Å². The second kappa shape index (κ2) is 9.09. The fourth-order valence-electron chi connectivity index (χ4n) is 2.19. The normalized spacial score (nSPS) is 11.0. The number of anilines is 1. The summed E-state index contributed by atoms with van der Waals surface area (Å²) in [6, 6.07) is 10.4. The SMILES string of the molecule is CCOc1c(Cl)cc(/C=C(/C#N)C(=O)Nc2cccc(Cl)c2C)cc1Br. The predicted molar refractivity (Wildman–Crippen MR) is 109 cm³/mol. The van der Waals surface area contributed by atoms with Crippen LogP contribution in [0, 0.1) is 18.3 Å². The molecule has 0 spiro atoms. The summed E-state index contributed by atoms with van der Waals surface area (Å²) in [5.74, 6) is -0.0113. The average Bonchev–Trinajstić information content (AvgIpc) is 2.60. The molecule has 2 rings (SSSR count). The lowest BCUT2D eigenvalue weighted by Crippen LogP contribution is -2.14. The molecule has 1 N–H and O–H groups in total. The Bertz CT molecular complexity index is 897. The molecular weight excluding hydrogens is 439 g/mol. The molecule has 0 aromatic heterocycles. The topological polar surface area (TPSA) is 62.1 Å². The van der Waals surface area contributed by atoms with E-state index >= 15 is 0 Å². The molecule has 7 heteroatoms. The minimum Gasteiger partial charge on any atom is -0.491 e. The standard InChI is InChI=1S/C19H15BrCl2N2O2/c1-3-26-18-14(20)8-12(9-16(18)22)7-13(10-23)19(25)24-17-6-4-5-15(21)11(17)2/h4-9H,3H2,1-2H3,(H,24,25)/b13-7-. The van der Waals surface area contributed by atoms with E-state index in [9.17, 15) is 10.1 Å². The molecule has 2 aromatic rings. The Kier molecular flexibility index (Phi) is 7.10. The molecule has 0 fully saturated rings. The van der Waals surface area contributed by atoms with Crippen LogP contribution in [-0.4, -0.2) is 12.5 Å². The van der Waals surface area contributed by atoms with Gasteiger partial charge < -0.3 is 10.1 Å². The summed E-state index contributed by atoms with van der Waals surface area (Å²) in [7, 11) is 0. The van der Waals surface area contributed by atoms with Crippen molar-refractivity contribution in [1.82, 2.24) is 0 Å². The summed E-state index contributed by atoms with van der Waals surface area (Å²) in [6.45, 7) is 4.11. The molecule has 0 aliphatic carbocycles. The smallest absolute Gasteiger partial charge is 0.266 e. The molecule has 1 amide bonds. The minimum atomic E-state index is -0.529. The molecular formula is C19H15BrCl2N2O2. The summed E-state index contributed by atoms with van der Waals surface area (Å²) in [4.78, 5) is 12.4. The van der Waals surface area contributed by atoms with Gasteiger partial charge in [-0.15, -0.1) is 0 Å². The number of nitrogens with zero attached hydrogens (tertiary/aromatic N) is 1. The number of hydrogen-bond acceptors (Lipinski definition) is 3. The number of carbonyl (C=O) groups excluding carboxylic acids is 1. The molecule has 0 atom stereocenters. The van der Waals surface area contributed by atoms with Gasteiger partial charge in [0.15, 0.2) is 5.75 Å². The van der Waals surface area contributed by atoms with Gasteiger partial charge in [0, 0.05) is 10.7 Å². The summed E-state index contributed by atoms with van der Waals surface area (Å²) < 4.78 is 6.09. The van der Waals surface area contributed by atoms with Gasteiger partial charge in [0.1, 0.15) is 11.6 Å². The molecule has 0 saturated carbocycles. The molecule has 0 heterocycles. The van der Waals surface area contributed by atoms with Gasteiger partial charge in [0.05, 0.1) is 16.1 Å². The van der Waals surface area contributed by atoms with Crippen molar-refractivity contribution in [3.8, 4) is 11.8 Å². The first-order valence-corrected chi connectivity index (χ1v) is 9.22. The number of halogens is 3. The third-order valence-corrected chi connectivity index (χ3v) is 4.78. The molecule has 0 saturated heterocycles. The molecule has 0 unspecified atom stereocenters. The van der Waals surface area contributed by atoms with Crippen molar-refractivity contribution in [2.45, 2.75) is 13.8 Å². The number of nitriles is 1. The Balaban J connectivity index is 2.31. The zero-order chi connectivity index (χ0) is 19.3. The molecule has 134 valence electrons. The van der Waals surface area contributed by atoms with Gasteiger partial charge in [-0.3, -0.25) is 4.79 Å². The van der Waals surface area contributed by atoms with Crippen LogP contribution >= 0.6 is 39.1 Å². The average molecular weight is 454 g/mol. The molecule has 0 radical (unpaired) electrons. The largest absolute Gasteiger partial charge is 0.491 e. The van der Waals surface area contributed by atoms with Crippen molar-refractivity contribution in [3.63, 3.8) is 0 Å². The fraction of sp³-hybridized carbons (Fsp3) is 0.158. The first kappa shape index (κ1) is 20.3. The van der Waals surface area contributed by atoms with Gasteiger partial charge in [-0.05, 0) is 71.2 Å². The minimum absolute atomic E-state index is 0.0588. The lowest BCUT2D eigenvalue weighted by molar-refractivity contribution is -0.112.